The topological polar surface area (TPSA) is 29.1 Å². The summed E-state index contributed by atoms with van der Waals surface area (Å²) in [7, 11) is 0. The van der Waals surface area contributed by atoms with Gasteiger partial charge in [0.2, 0.25) is 0 Å². The van der Waals surface area contributed by atoms with Crippen molar-refractivity contribution in [3.05, 3.63) is 34.3 Å². The zero-order valence-corrected chi connectivity index (χ0v) is 11.8. The summed E-state index contributed by atoms with van der Waals surface area (Å²) in [6.45, 7) is 5.01. The smallest absolute Gasteiger partial charge is 0.182 e. The fourth-order valence-electron chi connectivity index (χ4n) is 2.76. The van der Waals surface area contributed by atoms with Crippen molar-refractivity contribution in [3.63, 3.8) is 0 Å². The molecule has 1 unspecified atom stereocenters. The third-order valence-electron chi connectivity index (χ3n) is 3.79. The van der Waals surface area contributed by atoms with E-state index in [4.69, 9.17) is 11.6 Å². The fourth-order valence-corrected chi connectivity index (χ4v) is 2.94. The van der Waals surface area contributed by atoms with E-state index in [0.29, 0.717) is 5.02 Å². The summed E-state index contributed by atoms with van der Waals surface area (Å²) in [5, 5.41) is 4.08. The summed E-state index contributed by atoms with van der Waals surface area (Å²) in [5.41, 5.74) is 1.39. The van der Waals surface area contributed by atoms with Crippen molar-refractivity contribution in [3.8, 4) is 0 Å². The lowest BCUT2D eigenvalue weighted by molar-refractivity contribution is 0.0857. The van der Waals surface area contributed by atoms with E-state index in [1.807, 2.05) is 19.1 Å². The Hall–Kier alpha value is -0.860. The summed E-state index contributed by atoms with van der Waals surface area (Å²) in [6, 6.07) is 5.61. The second-order valence-corrected chi connectivity index (χ2v) is 5.56. The highest BCUT2D eigenvalue weighted by Gasteiger charge is 2.40. The highest BCUT2D eigenvalue weighted by Crippen LogP contribution is 2.30. The Morgan fingerprint density at radius 3 is 2.83 bits per heavy atom. The van der Waals surface area contributed by atoms with E-state index in [0.717, 1.165) is 43.4 Å². The van der Waals surface area contributed by atoms with Crippen LogP contribution in [0.2, 0.25) is 5.02 Å². The standard InChI is InChI=1S/C15H20ClNO/c1-3-7-15(8-4-9-17-15)14(18)12-6-5-11(2)13(16)10-12/h5-6,10,17H,3-4,7-9H2,1-2H3. The van der Waals surface area contributed by atoms with Gasteiger partial charge in [-0.1, -0.05) is 37.1 Å². The summed E-state index contributed by atoms with van der Waals surface area (Å²) >= 11 is 6.11. The van der Waals surface area contributed by atoms with Crippen LogP contribution in [-0.2, 0) is 0 Å². The zero-order valence-electron chi connectivity index (χ0n) is 11.1. The van der Waals surface area contributed by atoms with Crippen LogP contribution in [0.3, 0.4) is 0 Å². The molecular formula is C15H20ClNO. The Bertz CT molecular complexity index is 450. The average molecular weight is 266 g/mol. The minimum atomic E-state index is -0.354. The first-order chi connectivity index (χ1) is 8.59. The second-order valence-electron chi connectivity index (χ2n) is 5.16. The SMILES string of the molecule is CCCC1(C(=O)c2ccc(C)c(Cl)c2)CCCN1. The summed E-state index contributed by atoms with van der Waals surface area (Å²) < 4.78 is 0. The molecule has 2 rings (SSSR count). The zero-order chi connectivity index (χ0) is 13.2. The van der Waals surface area contributed by atoms with Gasteiger partial charge in [0.1, 0.15) is 0 Å². The molecule has 0 spiro atoms. The quantitative estimate of drug-likeness (QED) is 0.840. The number of halogens is 1. The molecule has 1 N–H and O–H groups in total. The normalized spacial score (nSPS) is 23.3. The Labute approximate surface area is 114 Å². The maximum Gasteiger partial charge on any atom is 0.182 e. The molecular weight excluding hydrogens is 246 g/mol. The van der Waals surface area contributed by atoms with E-state index in [2.05, 4.69) is 12.2 Å². The third-order valence-corrected chi connectivity index (χ3v) is 4.20. The van der Waals surface area contributed by atoms with Crippen molar-refractivity contribution in [1.82, 2.24) is 5.32 Å². The molecule has 0 aliphatic carbocycles. The predicted molar refractivity (Wildman–Crippen MR) is 75.4 cm³/mol. The largest absolute Gasteiger partial charge is 0.305 e. The van der Waals surface area contributed by atoms with Gasteiger partial charge in [-0.25, -0.2) is 0 Å². The van der Waals surface area contributed by atoms with Gasteiger partial charge >= 0.3 is 0 Å². The lowest BCUT2D eigenvalue weighted by atomic mass is 9.84. The van der Waals surface area contributed by atoms with Gasteiger partial charge in [0, 0.05) is 10.6 Å². The molecule has 1 atom stereocenters. The molecule has 1 heterocycles. The second kappa shape index (κ2) is 5.41. The molecule has 0 aromatic heterocycles. The summed E-state index contributed by atoms with van der Waals surface area (Å²) in [5.74, 6) is 0.198. The molecule has 3 heteroatoms. The first-order valence-electron chi connectivity index (χ1n) is 6.65. The Kier molecular flexibility index (Phi) is 4.08. The molecule has 1 fully saturated rings. The van der Waals surface area contributed by atoms with Gasteiger partial charge in [-0.2, -0.15) is 0 Å². The number of Topliss-reactive ketones (excluding diaryl/α,β-unsaturated/α-hetero) is 1. The average Bonchev–Trinajstić information content (AvgIpc) is 2.82. The monoisotopic (exact) mass is 265 g/mol. The lowest BCUT2D eigenvalue weighted by Crippen LogP contribution is -2.47. The highest BCUT2D eigenvalue weighted by atomic mass is 35.5. The van der Waals surface area contributed by atoms with Crippen molar-refractivity contribution >= 4 is 17.4 Å². The van der Waals surface area contributed by atoms with Crippen LogP contribution in [-0.4, -0.2) is 17.9 Å². The van der Waals surface area contributed by atoms with Crippen LogP contribution in [0.5, 0.6) is 0 Å². The Balaban J connectivity index is 2.30. The van der Waals surface area contributed by atoms with E-state index < -0.39 is 0 Å². The van der Waals surface area contributed by atoms with Crippen LogP contribution in [0, 0.1) is 6.92 Å². The Morgan fingerprint density at radius 1 is 1.50 bits per heavy atom. The molecule has 98 valence electrons. The molecule has 0 radical (unpaired) electrons. The van der Waals surface area contributed by atoms with Crippen LogP contribution >= 0.6 is 11.6 Å². The van der Waals surface area contributed by atoms with Gasteiger partial charge in [-0.05, 0) is 44.4 Å². The summed E-state index contributed by atoms with van der Waals surface area (Å²) in [4.78, 5) is 12.7. The molecule has 18 heavy (non-hydrogen) atoms. The van der Waals surface area contributed by atoms with Crippen LogP contribution in [0.15, 0.2) is 18.2 Å². The van der Waals surface area contributed by atoms with E-state index in [-0.39, 0.29) is 11.3 Å². The van der Waals surface area contributed by atoms with Crippen molar-refractivity contribution in [2.75, 3.05) is 6.54 Å². The van der Waals surface area contributed by atoms with E-state index in [9.17, 15) is 4.79 Å². The van der Waals surface area contributed by atoms with Gasteiger partial charge in [0.15, 0.2) is 5.78 Å². The first-order valence-corrected chi connectivity index (χ1v) is 7.03. The summed E-state index contributed by atoms with van der Waals surface area (Å²) in [6.07, 6.45) is 3.92. The van der Waals surface area contributed by atoms with Gasteiger partial charge in [0.25, 0.3) is 0 Å². The van der Waals surface area contributed by atoms with E-state index in [1.165, 1.54) is 0 Å². The van der Waals surface area contributed by atoms with Crippen molar-refractivity contribution in [1.29, 1.82) is 0 Å². The minimum Gasteiger partial charge on any atom is -0.305 e. The molecule has 0 saturated carbocycles. The fraction of sp³-hybridized carbons (Fsp3) is 0.533. The number of aryl methyl sites for hydroxylation is 1. The number of carbonyl (C=O) groups is 1. The van der Waals surface area contributed by atoms with E-state index >= 15 is 0 Å². The van der Waals surface area contributed by atoms with Crippen molar-refractivity contribution in [2.45, 2.75) is 45.1 Å². The van der Waals surface area contributed by atoms with E-state index in [1.54, 1.807) is 6.07 Å². The maximum atomic E-state index is 12.7. The molecule has 1 aliphatic rings. The minimum absolute atomic E-state index is 0.198. The number of ketones is 1. The van der Waals surface area contributed by atoms with Gasteiger partial charge in [-0.3, -0.25) is 4.79 Å². The predicted octanol–water partition coefficient (Wildman–Crippen LogP) is 3.75. The molecule has 1 aromatic carbocycles. The van der Waals surface area contributed by atoms with Crippen LogP contribution in [0.4, 0.5) is 0 Å². The number of rotatable bonds is 4. The molecule has 2 nitrogen and oxygen atoms in total. The van der Waals surface area contributed by atoms with Gasteiger partial charge < -0.3 is 5.32 Å². The molecule has 0 amide bonds. The number of nitrogens with one attached hydrogen (secondary N) is 1. The Morgan fingerprint density at radius 2 is 2.28 bits per heavy atom. The third kappa shape index (κ3) is 2.45. The number of benzene rings is 1. The number of hydrogen-bond acceptors (Lipinski definition) is 2. The van der Waals surface area contributed by atoms with Gasteiger partial charge in [-0.15, -0.1) is 0 Å². The maximum absolute atomic E-state index is 12.7. The lowest BCUT2D eigenvalue weighted by Gasteiger charge is -2.27. The van der Waals surface area contributed by atoms with Gasteiger partial charge in [0.05, 0.1) is 5.54 Å². The highest BCUT2D eigenvalue weighted by molar-refractivity contribution is 6.31. The first kappa shape index (κ1) is 13.6. The number of hydrogen-bond donors (Lipinski definition) is 1. The van der Waals surface area contributed by atoms with Crippen molar-refractivity contribution in [2.24, 2.45) is 0 Å². The van der Waals surface area contributed by atoms with Crippen LogP contribution < -0.4 is 5.32 Å². The number of carbonyl (C=O) groups excluding carboxylic acids is 1. The van der Waals surface area contributed by atoms with Crippen molar-refractivity contribution < 1.29 is 4.79 Å². The van der Waals surface area contributed by atoms with Crippen LogP contribution in [0.1, 0.15) is 48.5 Å². The molecule has 1 aromatic rings. The molecule has 1 saturated heterocycles. The molecule has 0 bridgehead atoms. The molecule has 1 aliphatic heterocycles. The van der Waals surface area contributed by atoms with Crippen LogP contribution in [0.25, 0.3) is 0 Å².